The summed E-state index contributed by atoms with van der Waals surface area (Å²) in [6.45, 7) is 6.02. The molecule has 0 aliphatic heterocycles. The Kier molecular flexibility index (Phi) is 14.5. The fraction of sp³-hybridized carbons (Fsp3) is 0.739. The number of hydrogen-bond donors (Lipinski definition) is 0. The standard InChI is InChI=1S/C23H39ClO2/c1-3-5-7-9-11-13-17-25-22-16-15-21(20-24)19-23(22)26-18-14-12-10-8-6-4-2/h15-16,19H,3-14,17-18,20H2,1-2H3. The lowest BCUT2D eigenvalue weighted by Gasteiger charge is -2.14. The molecule has 1 rings (SSSR count). The van der Waals surface area contributed by atoms with Gasteiger partial charge in [-0.2, -0.15) is 0 Å². The Bertz CT molecular complexity index is 448. The van der Waals surface area contributed by atoms with Crippen LogP contribution in [0.2, 0.25) is 0 Å². The van der Waals surface area contributed by atoms with Crippen LogP contribution < -0.4 is 9.47 Å². The van der Waals surface area contributed by atoms with Crippen LogP contribution in [0.3, 0.4) is 0 Å². The average molecular weight is 383 g/mol. The van der Waals surface area contributed by atoms with Gasteiger partial charge >= 0.3 is 0 Å². The maximum Gasteiger partial charge on any atom is 0.161 e. The van der Waals surface area contributed by atoms with E-state index in [0.29, 0.717) is 5.88 Å². The molecule has 2 nitrogen and oxygen atoms in total. The molecule has 0 amide bonds. The van der Waals surface area contributed by atoms with Crippen molar-refractivity contribution < 1.29 is 9.47 Å². The molecule has 0 atom stereocenters. The van der Waals surface area contributed by atoms with Crippen molar-refractivity contribution in [3.63, 3.8) is 0 Å². The largest absolute Gasteiger partial charge is 0.490 e. The van der Waals surface area contributed by atoms with E-state index >= 15 is 0 Å². The van der Waals surface area contributed by atoms with E-state index in [1.165, 1.54) is 64.2 Å². The first-order valence-corrected chi connectivity index (χ1v) is 11.3. The molecule has 1 aromatic rings. The predicted molar refractivity (Wildman–Crippen MR) is 114 cm³/mol. The smallest absolute Gasteiger partial charge is 0.161 e. The van der Waals surface area contributed by atoms with Crippen LogP contribution >= 0.6 is 11.6 Å². The second kappa shape index (κ2) is 16.3. The predicted octanol–water partition coefficient (Wildman–Crippen LogP) is 7.90. The summed E-state index contributed by atoms with van der Waals surface area (Å²) in [5.74, 6) is 2.21. The van der Waals surface area contributed by atoms with Crippen molar-refractivity contribution in [1.82, 2.24) is 0 Å². The molecule has 1 aromatic carbocycles. The van der Waals surface area contributed by atoms with E-state index in [9.17, 15) is 0 Å². The van der Waals surface area contributed by atoms with Gasteiger partial charge in [-0.15, -0.1) is 11.6 Å². The Morgan fingerprint density at radius 1 is 0.654 bits per heavy atom. The molecule has 0 saturated carbocycles. The summed E-state index contributed by atoms with van der Waals surface area (Å²) in [5, 5.41) is 0. The topological polar surface area (TPSA) is 18.5 Å². The van der Waals surface area contributed by atoms with Gasteiger partial charge in [0.2, 0.25) is 0 Å². The van der Waals surface area contributed by atoms with Gasteiger partial charge in [0.05, 0.1) is 13.2 Å². The highest BCUT2D eigenvalue weighted by atomic mass is 35.5. The Morgan fingerprint density at radius 2 is 1.15 bits per heavy atom. The molecule has 26 heavy (non-hydrogen) atoms. The normalized spacial score (nSPS) is 10.9. The summed E-state index contributed by atoms with van der Waals surface area (Å²) in [6.07, 6.45) is 15.3. The monoisotopic (exact) mass is 382 g/mol. The fourth-order valence-corrected chi connectivity index (χ4v) is 3.16. The molecule has 0 bridgehead atoms. The van der Waals surface area contributed by atoms with Crippen LogP contribution in [0, 0.1) is 0 Å². The lowest BCUT2D eigenvalue weighted by Crippen LogP contribution is -2.03. The summed E-state index contributed by atoms with van der Waals surface area (Å²) in [5.41, 5.74) is 1.08. The van der Waals surface area contributed by atoms with Gasteiger partial charge in [-0.05, 0) is 30.5 Å². The summed E-state index contributed by atoms with van der Waals surface area (Å²) in [4.78, 5) is 0. The highest BCUT2D eigenvalue weighted by molar-refractivity contribution is 6.17. The molecule has 0 aliphatic carbocycles. The Balaban J connectivity index is 2.32. The third kappa shape index (κ3) is 11.0. The molecule has 0 aromatic heterocycles. The highest BCUT2D eigenvalue weighted by Gasteiger charge is 2.07. The van der Waals surface area contributed by atoms with Gasteiger partial charge in [0, 0.05) is 5.88 Å². The molecule has 3 heteroatoms. The van der Waals surface area contributed by atoms with Crippen molar-refractivity contribution >= 4 is 11.6 Å². The number of benzene rings is 1. The fourth-order valence-electron chi connectivity index (χ4n) is 3.00. The van der Waals surface area contributed by atoms with E-state index in [-0.39, 0.29) is 0 Å². The quantitative estimate of drug-likeness (QED) is 0.201. The summed E-state index contributed by atoms with van der Waals surface area (Å²) in [7, 11) is 0. The third-order valence-corrected chi connectivity index (χ3v) is 4.98. The van der Waals surface area contributed by atoms with Gasteiger partial charge in [-0.3, -0.25) is 0 Å². The van der Waals surface area contributed by atoms with Crippen LogP contribution in [0.15, 0.2) is 18.2 Å². The molecule has 0 fully saturated rings. The summed E-state index contributed by atoms with van der Waals surface area (Å²) >= 11 is 5.97. The number of hydrogen-bond acceptors (Lipinski definition) is 2. The van der Waals surface area contributed by atoms with E-state index in [4.69, 9.17) is 21.1 Å². The first-order chi connectivity index (χ1) is 12.8. The number of unbranched alkanes of at least 4 members (excludes halogenated alkanes) is 10. The van der Waals surface area contributed by atoms with Crippen LogP contribution in [0.5, 0.6) is 11.5 Å². The molecule has 0 saturated heterocycles. The van der Waals surface area contributed by atoms with E-state index in [0.717, 1.165) is 43.1 Å². The van der Waals surface area contributed by atoms with Crippen molar-refractivity contribution in [2.75, 3.05) is 13.2 Å². The molecule has 0 unspecified atom stereocenters. The van der Waals surface area contributed by atoms with E-state index in [1.807, 2.05) is 18.2 Å². The molecule has 0 aliphatic rings. The van der Waals surface area contributed by atoms with Crippen molar-refractivity contribution in [2.45, 2.75) is 96.8 Å². The van der Waals surface area contributed by atoms with Crippen molar-refractivity contribution in [2.24, 2.45) is 0 Å². The number of alkyl halides is 1. The van der Waals surface area contributed by atoms with E-state index < -0.39 is 0 Å². The number of rotatable bonds is 17. The Morgan fingerprint density at radius 3 is 1.69 bits per heavy atom. The van der Waals surface area contributed by atoms with Crippen molar-refractivity contribution in [1.29, 1.82) is 0 Å². The molecule has 0 spiro atoms. The minimum atomic E-state index is 0.505. The third-order valence-electron chi connectivity index (χ3n) is 4.67. The van der Waals surface area contributed by atoms with Gasteiger partial charge in [-0.1, -0.05) is 84.1 Å². The van der Waals surface area contributed by atoms with Crippen LogP contribution in [-0.4, -0.2) is 13.2 Å². The second-order valence-electron chi connectivity index (χ2n) is 7.15. The summed E-state index contributed by atoms with van der Waals surface area (Å²) in [6, 6.07) is 6.06. The molecule has 0 radical (unpaired) electrons. The lowest BCUT2D eigenvalue weighted by molar-refractivity contribution is 0.258. The first kappa shape index (κ1) is 23.1. The SMILES string of the molecule is CCCCCCCCOc1ccc(CCl)cc1OCCCCCCCC. The maximum absolute atomic E-state index is 6.01. The Labute approximate surface area is 166 Å². The zero-order valence-corrected chi connectivity index (χ0v) is 17.8. The minimum absolute atomic E-state index is 0.505. The second-order valence-corrected chi connectivity index (χ2v) is 7.41. The van der Waals surface area contributed by atoms with Gasteiger partial charge < -0.3 is 9.47 Å². The van der Waals surface area contributed by atoms with Crippen molar-refractivity contribution in [3.8, 4) is 11.5 Å². The van der Waals surface area contributed by atoms with Crippen molar-refractivity contribution in [3.05, 3.63) is 23.8 Å². The number of ether oxygens (including phenoxy) is 2. The van der Waals surface area contributed by atoms with Gasteiger partial charge in [0.15, 0.2) is 11.5 Å². The molecule has 0 N–H and O–H groups in total. The zero-order chi connectivity index (χ0) is 18.9. The molecule has 150 valence electrons. The average Bonchev–Trinajstić information content (AvgIpc) is 2.67. The van der Waals surface area contributed by atoms with Crippen LogP contribution in [0.4, 0.5) is 0 Å². The van der Waals surface area contributed by atoms with Gasteiger partial charge in [0.25, 0.3) is 0 Å². The van der Waals surface area contributed by atoms with Crippen LogP contribution in [-0.2, 0) is 5.88 Å². The van der Waals surface area contributed by atoms with E-state index in [1.54, 1.807) is 0 Å². The minimum Gasteiger partial charge on any atom is -0.490 e. The van der Waals surface area contributed by atoms with E-state index in [2.05, 4.69) is 13.8 Å². The van der Waals surface area contributed by atoms with Gasteiger partial charge in [0.1, 0.15) is 0 Å². The van der Waals surface area contributed by atoms with Crippen LogP contribution in [0.1, 0.15) is 96.5 Å². The molecule has 0 heterocycles. The Hall–Kier alpha value is -0.890. The molecular weight excluding hydrogens is 344 g/mol. The van der Waals surface area contributed by atoms with Crippen LogP contribution in [0.25, 0.3) is 0 Å². The summed E-state index contributed by atoms with van der Waals surface area (Å²) < 4.78 is 12.0. The highest BCUT2D eigenvalue weighted by Crippen LogP contribution is 2.29. The first-order valence-electron chi connectivity index (χ1n) is 10.8. The zero-order valence-electron chi connectivity index (χ0n) is 17.0. The number of halogens is 1. The maximum atomic E-state index is 6.01. The van der Waals surface area contributed by atoms with Gasteiger partial charge in [-0.25, -0.2) is 0 Å². The molecular formula is C23H39ClO2. The lowest BCUT2D eigenvalue weighted by atomic mass is 10.1.